The van der Waals surface area contributed by atoms with Crippen LogP contribution in [0.4, 0.5) is 0 Å². The summed E-state index contributed by atoms with van der Waals surface area (Å²) in [5.41, 5.74) is 1.00. The Morgan fingerprint density at radius 3 is 2.24 bits per heavy atom. The first-order valence-electron chi connectivity index (χ1n) is 11.5. The van der Waals surface area contributed by atoms with Crippen LogP contribution < -0.4 is 19.5 Å². The van der Waals surface area contributed by atoms with Crippen molar-refractivity contribution in [3.63, 3.8) is 0 Å². The zero-order valence-corrected chi connectivity index (χ0v) is 20.0. The van der Waals surface area contributed by atoms with Crippen molar-refractivity contribution < 1.29 is 29.1 Å². The summed E-state index contributed by atoms with van der Waals surface area (Å²) in [6.45, 7) is 11.1. The maximum atomic E-state index is 13.5. The molecule has 1 saturated heterocycles. The second-order valence-corrected chi connectivity index (χ2v) is 8.08. The van der Waals surface area contributed by atoms with Crippen molar-refractivity contribution in [2.75, 3.05) is 39.9 Å². The molecule has 2 aromatic rings. The molecule has 1 atom stereocenters. The number of hydrogen-bond acceptors (Lipinski definition) is 5. The summed E-state index contributed by atoms with van der Waals surface area (Å²) >= 11 is 0. The van der Waals surface area contributed by atoms with Crippen molar-refractivity contribution in [3.8, 4) is 11.5 Å². The Morgan fingerprint density at radius 2 is 1.68 bits per heavy atom. The first-order valence-corrected chi connectivity index (χ1v) is 11.5. The molecule has 7 nitrogen and oxygen atoms in total. The van der Waals surface area contributed by atoms with Crippen molar-refractivity contribution in [2.45, 2.75) is 19.9 Å². The van der Waals surface area contributed by atoms with Crippen LogP contribution in [0.5, 0.6) is 11.5 Å². The van der Waals surface area contributed by atoms with E-state index in [4.69, 9.17) is 9.47 Å². The van der Waals surface area contributed by atoms with Gasteiger partial charge in [-0.05, 0) is 49.2 Å². The number of nitrogens with one attached hydrogen (secondary N) is 1. The predicted octanol–water partition coefficient (Wildman–Crippen LogP) is 1.41. The largest absolute Gasteiger partial charge is 0.872 e. The number of likely N-dealkylation sites (N-methyl/N-ethyl adjacent to an activating group) is 1. The summed E-state index contributed by atoms with van der Waals surface area (Å²) in [6.07, 6.45) is 1.65. The van der Waals surface area contributed by atoms with Gasteiger partial charge in [-0.15, -0.1) is 0 Å². The van der Waals surface area contributed by atoms with Crippen LogP contribution in [0.15, 0.2) is 66.8 Å². The van der Waals surface area contributed by atoms with Gasteiger partial charge >= 0.3 is 0 Å². The molecule has 180 valence electrons. The minimum atomic E-state index is -0.752. The molecule has 0 bridgehead atoms. The van der Waals surface area contributed by atoms with E-state index in [1.54, 1.807) is 61.7 Å². The SMILES string of the molecule is C=CCOc1ccc(C2C(=C([O-])c3ccc(OC)cc3)C(=O)C(=O)N2CC[NH+](CC)CC)cc1. The van der Waals surface area contributed by atoms with Crippen LogP contribution in [-0.4, -0.2) is 56.5 Å². The quantitative estimate of drug-likeness (QED) is 0.235. The lowest BCUT2D eigenvalue weighted by Gasteiger charge is -2.28. The number of Topliss-reactive ketones (excluding diaryl/α,β-unsaturated/α-hetero) is 1. The fourth-order valence-electron chi connectivity index (χ4n) is 4.13. The summed E-state index contributed by atoms with van der Waals surface area (Å²) in [4.78, 5) is 29.0. The Balaban J connectivity index is 2.05. The number of likely N-dealkylation sites (tertiary alicyclic amines) is 1. The van der Waals surface area contributed by atoms with E-state index in [9.17, 15) is 14.7 Å². The molecular weight excluding hydrogens is 432 g/mol. The van der Waals surface area contributed by atoms with E-state index in [1.165, 1.54) is 9.80 Å². The van der Waals surface area contributed by atoms with E-state index in [2.05, 4.69) is 20.4 Å². The molecule has 7 heteroatoms. The van der Waals surface area contributed by atoms with Gasteiger partial charge in [-0.3, -0.25) is 9.59 Å². The van der Waals surface area contributed by atoms with Gasteiger partial charge in [-0.2, -0.15) is 0 Å². The van der Waals surface area contributed by atoms with Crippen LogP contribution in [0, 0.1) is 0 Å². The van der Waals surface area contributed by atoms with Crippen LogP contribution in [0.1, 0.15) is 31.0 Å². The zero-order valence-electron chi connectivity index (χ0n) is 20.0. The number of nitrogens with zero attached hydrogens (tertiary/aromatic N) is 1. The normalized spacial score (nSPS) is 17.3. The Bertz CT molecular complexity index is 1040. The number of methoxy groups -OCH3 is 1. The molecule has 0 aliphatic carbocycles. The molecule has 3 rings (SSSR count). The van der Waals surface area contributed by atoms with Gasteiger partial charge in [0.1, 0.15) is 18.1 Å². The third kappa shape index (κ3) is 5.31. The zero-order chi connectivity index (χ0) is 24.7. The topological polar surface area (TPSA) is 83.3 Å². The minimum absolute atomic E-state index is 0.0236. The van der Waals surface area contributed by atoms with Gasteiger partial charge < -0.3 is 24.4 Å². The number of hydrogen-bond donors (Lipinski definition) is 1. The molecule has 34 heavy (non-hydrogen) atoms. The molecule has 1 aliphatic rings. The van der Waals surface area contributed by atoms with Gasteiger partial charge in [0.15, 0.2) is 0 Å². The van der Waals surface area contributed by atoms with E-state index in [0.717, 1.165) is 13.1 Å². The molecule has 2 aromatic carbocycles. The highest BCUT2D eigenvalue weighted by Gasteiger charge is 2.44. The van der Waals surface area contributed by atoms with Crippen LogP contribution in [-0.2, 0) is 9.59 Å². The fourth-order valence-corrected chi connectivity index (χ4v) is 4.13. The lowest BCUT2D eigenvalue weighted by molar-refractivity contribution is -0.895. The summed E-state index contributed by atoms with van der Waals surface area (Å²) in [5, 5.41) is 13.5. The Labute approximate surface area is 200 Å². The molecule has 0 radical (unpaired) electrons. The summed E-state index contributed by atoms with van der Waals surface area (Å²) in [7, 11) is 1.54. The molecule has 1 N–H and O–H groups in total. The van der Waals surface area contributed by atoms with E-state index in [1.807, 2.05) is 0 Å². The number of rotatable bonds is 11. The standard InChI is InChI=1S/C27H32N2O5/c1-5-18-34-22-14-8-19(9-15-22)24-23(25(30)20-10-12-21(33-4)13-11-20)26(31)27(32)29(24)17-16-28(6-2)7-3/h5,8-15,24,30H,1,6-7,16-18H2,2-4H3. The smallest absolute Gasteiger partial charge is 0.295 e. The third-order valence-electron chi connectivity index (χ3n) is 6.15. The second-order valence-electron chi connectivity index (χ2n) is 8.08. The van der Waals surface area contributed by atoms with Crippen LogP contribution >= 0.6 is 0 Å². The van der Waals surface area contributed by atoms with Crippen molar-refractivity contribution >= 4 is 17.4 Å². The molecular formula is C27H32N2O5. The number of carbonyl (C=O) groups is 2. The lowest BCUT2D eigenvalue weighted by Crippen LogP contribution is -3.12. The highest BCUT2D eigenvalue weighted by Crippen LogP contribution is 2.39. The van der Waals surface area contributed by atoms with Crippen molar-refractivity contribution in [1.82, 2.24) is 4.90 Å². The minimum Gasteiger partial charge on any atom is -0.872 e. The maximum Gasteiger partial charge on any atom is 0.295 e. The first kappa shape index (κ1) is 25.1. The predicted molar refractivity (Wildman–Crippen MR) is 128 cm³/mol. The van der Waals surface area contributed by atoms with Gasteiger partial charge in [-0.1, -0.05) is 42.7 Å². The van der Waals surface area contributed by atoms with Crippen molar-refractivity contribution in [2.24, 2.45) is 0 Å². The molecule has 0 saturated carbocycles. The van der Waals surface area contributed by atoms with Crippen LogP contribution in [0.25, 0.3) is 5.76 Å². The van der Waals surface area contributed by atoms with Gasteiger partial charge in [0.2, 0.25) is 5.78 Å². The fraction of sp³-hybridized carbons (Fsp3) is 0.333. The van der Waals surface area contributed by atoms with Crippen molar-refractivity contribution in [1.29, 1.82) is 0 Å². The summed E-state index contributed by atoms with van der Waals surface area (Å²) in [5.74, 6) is -0.587. The van der Waals surface area contributed by atoms with Gasteiger partial charge in [0, 0.05) is 5.57 Å². The van der Waals surface area contributed by atoms with Crippen LogP contribution in [0.3, 0.4) is 0 Å². The number of amides is 1. The van der Waals surface area contributed by atoms with Gasteiger partial charge in [0.05, 0.1) is 39.3 Å². The van der Waals surface area contributed by atoms with Gasteiger partial charge in [0.25, 0.3) is 5.91 Å². The highest BCUT2D eigenvalue weighted by molar-refractivity contribution is 6.46. The number of ketones is 1. The molecule has 1 unspecified atom stereocenters. The number of benzene rings is 2. The van der Waals surface area contributed by atoms with E-state index in [0.29, 0.717) is 42.3 Å². The first-order chi connectivity index (χ1) is 16.4. The molecule has 0 spiro atoms. The number of quaternary nitrogens is 1. The third-order valence-corrected chi connectivity index (χ3v) is 6.15. The number of ether oxygens (including phenoxy) is 2. The summed E-state index contributed by atoms with van der Waals surface area (Å²) in [6, 6.07) is 12.9. The molecule has 1 amide bonds. The van der Waals surface area contributed by atoms with E-state index in [-0.39, 0.29) is 5.57 Å². The number of carbonyl (C=O) groups excluding carboxylic acids is 2. The maximum absolute atomic E-state index is 13.5. The van der Waals surface area contributed by atoms with Gasteiger partial charge in [-0.25, -0.2) is 0 Å². The average Bonchev–Trinajstić information content (AvgIpc) is 3.13. The van der Waals surface area contributed by atoms with Crippen LogP contribution in [0.2, 0.25) is 0 Å². The average molecular weight is 465 g/mol. The van der Waals surface area contributed by atoms with E-state index >= 15 is 0 Å². The Hall–Kier alpha value is -3.58. The molecule has 1 aliphatic heterocycles. The highest BCUT2D eigenvalue weighted by atomic mass is 16.5. The summed E-state index contributed by atoms with van der Waals surface area (Å²) < 4.78 is 10.7. The molecule has 1 fully saturated rings. The Kier molecular flexibility index (Phi) is 8.49. The van der Waals surface area contributed by atoms with E-state index < -0.39 is 23.5 Å². The Morgan fingerprint density at radius 1 is 1.06 bits per heavy atom. The monoisotopic (exact) mass is 464 g/mol. The lowest BCUT2D eigenvalue weighted by atomic mass is 9.95. The molecule has 1 heterocycles. The van der Waals surface area contributed by atoms with Crippen molar-refractivity contribution in [3.05, 3.63) is 77.9 Å². The second kappa shape index (κ2) is 11.5. The molecule has 0 aromatic heterocycles.